The summed E-state index contributed by atoms with van der Waals surface area (Å²) in [6.07, 6.45) is 0. The molecule has 0 aliphatic rings. The average Bonchev–Trinajstić information content (AvgIpc) is 2.38. The quantitative estimate of drug-likeness (QED) is 0.661. The third-order valence-corrected chi connectivity index (χ3v) is 2.44. The number of nitrogens with two attached hydrogens (primary N) is 1. The van der Waals surface area contributed by atoms with Gasteiger partial charge < -0.3 is 10.5 Å². The van der Waals surface area contributed by atoms with E-state index in [4.69, 9.17) is 10.5 Å². The SMILES string of the molecule is COc1cccc(-c2nc(N)ccc2[N+](=O)[O-])c1. The van der Waals surface area contributed by atoms with Crippen molar-refractivity contribution in [2.45, 2.75) is 0 Å². The van der Waals surface area contributed by atoms with Gasteiger partial charge in [-0.1, -0.05) is 12.1 Å². The monoisotopic (exact) mass is 245 g/mol. The summed E-state index contributed by atoms with van der Waals surface area (Å²) in [7, 11) is 1.53. The van der Waals surface area contributed by atoms with Crippen molar-refractivity contribution in [1.29, 1.82) is 0 Å². The van der Waals surface area contributed by atoms with Gasteiger partial charge in [0.05, 0.1) is 12.0 Å². The van der Waals surface area contributed by atoms with E-state index in [1.165, 1.54) is 19.2 Å². The van der Waals surface area contributed by atoms with E-state index in [1.807, 2.05) is 0 Å². The van der Waals surface area contributed by atoms with Crippen LogP contribution in [0.4, 0.5) is 11.5 Å². The Hall–Kier alpha value is -2.63. The molecule has 1 aromatic carbocycles. The van der Waals surface area contributed by atoms with Crippen LogP contribution in [0.15, 0.2) is 36.4 Å². The first-order valence-corrected chi connectivity index (χ1v) is 5.17. The molecule has 0 aliphatic carbocycles. The number of benzene rings is 1. The molecule has 0 fully saturated rings. The van der Waals surface area contributed by atoms with Gasteiger partial charge in [0.1, 0.15) is 11.6 Å². The molecule has 0 spiro atoms. The minimum Gasteiger partial charge on any atom is -0.497 e. The van der Waals surface area contributed by atoms with Crippen LogP contribution in [0, 0.1) is 10.1 Å². The van der Waals surface area contributed by atoms with Crippen molar-refractivity contribution >= 4 is 11.5 Å². The molecule has 18 heavy (non-hydrogen) atoms. The smallest absolute Gasteiger partial charge is 0.295 e. The van der Waals surface area contributed by atoms with Gasteiger partial charge in [-0.25, -0.2) is 4.98 Å². The number of methoxy groups -OCH3 is 1. The number of hydrogen-bond donors (Lipinski definition) is 1. The van der Waals surface area contributed by atoms with Gasteiger partial charge in [0.15, 0.2) is 5.69 Å². The number of aromatic nitrogens is 1. The first-order valence-electron chi connectivity index (χ1n) is 5.17. The molecule has 2 N–H and O–H groups in total. The predicted molar refractivity (Wildman–Crippen MR) is 67.3 cm³/mol. The van der Waals surface area contributed by atoms with Crippen LogP contribution in [0.2, 0.25) is 0 Å². The van der Waals surface area contributed by atoms with Crippen molar-refractivity contribution in [3.63, 3.8) is 0 Å². The largest absolute Gasteiger partial charge is 0.497 e. The maximum Gasteiger partial charge on any atom is 0.295 e. The van der Waals surface area contributed by atoms with Gasteiger partial charge in [0, 0.05) is 11.6 Å². The predicted octanol–water partition coefficient (Wildman–Crippen LogP) is 2.25. The molecule has 6 heteroatoms. The van der Waals surface area contributed by atoms with Gasteiger partial charge in [0.25, 0.3) is 5.69 Å². The number of ether oxygens (including phenoxy) is 1. The molecule has 2 aromatic rings. The molecule has 1 heterocycles. The fraction of sp³-hybridized carbons (Fsp3) is 0.0833. The standard InChI is InChI=1S/C12H11N3O3/c1-18-9-4-2-3-8(7-9)12-10(15(16)17)5-6-11(13)14-12/h2-7H,1H3,(H2,13,14). The third-order valence-electron chi connectivity index (χ3n) is 2.44. The highest BCUT2D eigenvalue weighted by molar-refractivity contribution is 5.72. The molecule has 0 saturated carbocycles. The number of pyridine rings is 1. The van der Waals surface area contributed by atoms with Crippen LogP contribution >= 0.6 is 0 Å². The van der Waals surface area contributed by atoms with Crippen molar-refractivity contribution in [2.24, 2.45) is 0 Å². The van der Waals surface area contributed by atoms with Crippen LogP contribution in [-0.2, 0) is 0 Å². The van der Waals surface area contributed by atoms with E-state index < -0.39 is 4.92 Å². The molecule has 0 unspecified atom stereocenters. The summed E-state index contributed by atoms with van der Waals surface area (Å²) in [6.45, 7) is 0. The Kier molecular flexibility index (Phi) is 3.09. The van der Waals surface area contributed by atoms with Gasteiger partial charge >= 0.3 is 0 Å². The number of nitrogen functional groups attached to an aromatic ring is 1. The number of rotatable bonds is 3. The zero-order valence-corrected chi connectivity index (χ0v) is 9.66. The first kappa shape index (κ1) is 11.8. The van der Waals surface area contributed by atoms with Gasteiger partial charge in [-0.15, -0.1) is 0 Å². The molecule has 0 aliphatic heterocycles. The first-order chi connectivity index (χ1) is 8.61. The van der Waals surface area contributed by atoms with Gasteiger partial charge in [-0.05, 0) is 18.2 Å². The second kappa shape index (κ2) is 4.70. The Bertz CT molecular complexity index is 599. The zero-order chi connectivity index (χ0) is 13.1. The van der Waals surface area contributed by atoms with Crippen molar-refractivity contribution in [3.8, 4) is 17.0 Å². The Morgan fingerprint density at radius 1 is 1.33 bits per heavy atom. The molecule has 0 saturated heterocycles. The zero-order valence-electron chi connectivity index (χ0n) is 9.66. The van der Waals surface area contributed by atoms with Gasteiger partial charge in [0.2, 0.25) is 0 Å². The van der Waals surface area contributed by atoms with Crippen LogP contribution in [0.25, 0.3) is 11.3 Å². The van der Waals surface area contributed by atoms with Crippen molar-refractivity contribution in [1.82, 2.24) is 4.98 Å². The van der Waals surface area contributed by atoms with E-state index in [0.717, 1.165) is 0 Å². The fourth-order valence-electron chi connectivity index (χ4n) is 1.60. The summed E-state index contributed by atoms with van der Waals surface area (Å²) in [4.78, 5) is 14.5. The fourth-order valence-corrected chi connectivity index (χ4v) is 1.60. The molecule has 0 atom stereocenters. The Balaban J connectivity index is 2.61. The van der Waals surface area contributed by atoms with Crippen molar-refractivity contribution < 1.29 is 9.66 Å². The molecule has 92 valence electrons. The number of nitrogens with zero attached hydrogens (tertiary/aromatic N) is 2. The lowest BCUT2D eigenvalue weighted by Gasteiger charge is -2.05. The Morgan fingerprint density at radius 2 is 2.11 bits per heavy atom. The molecule has 2 rings (SSSR count). The van der Waals surface area contributed by atoms with E-state index in [-0.39, 0.29) is 17.2 Å². The highest BCUT2D eigenvalue weighted by Gasteiger charge is 2.17. The molecule has 1 aromatic heterocycles. The lowest BCUT2D eigenvalue weighted by Crippen LogP contribution is -1.98. The maximum atomic E-state index is 11.0. The summed E-state index contributed by atoms with van der Waals surface area (Å²) in [5.41, 5.74) is 6.31. The Labute approximate surface area is 103 Å². The molecule has 0 amide bonds. The van der Waals surface area contributed by atoms with Crippen LogP contribution in [-0.4, -0.2) is 17.0 Å². The number of nitro groups is 1. The second-order valence-electron chi connectivity index (χ2n) is 3.59. The topological polar surface area (TPSA) is 91.3 Å². The normalized spacial score (nSPS) is 10.1. The van der Waals surface area contributed by atoms with Crippen molar-refractivity contribution in [2.75, 3.05) is 12.8 Å². The van der Waals surface area contributed by atoms with E-state index in [0.29, 0.717) is 11.3 Å². The maximum absolute atomic E-state index is 11.0. The molecule has 0 radical (unpaired) electrons. The minimum atomic E-state index is -0.485. The summed E-state index contributed by atoms with van der Waals surface area (Å²) in [6, 6.07) is 9.63. The van der Waals surface area contributed by atoms with E-state index in [9.17, 15) is 10.1 Å². The molecule has 0 bridgehead atoms. The second-order valence-corrected chi connectivity index (χ2v) is 3.59. The number of hydrogen-bond acceptors (Lipinski definition) is 5. The third kappa shape index (κ3) is 2.22. The van der Waals surface area contributed by atoms with E-state index >= 15 is 0 Å². The molecular formula is C12H11N3O3. The summed E-state index contributed by atoms with van der Waals surface area (Å²) in [5.74, 6) is 0.837. The Morgan fingerprint density at radius 3 is 2.78 bits per heavy atom. The van der Waals surface area contributed by atoms with Crippen LogP contribution in [0.5, 0.6) is 5.75 Å². The van der Waals surface area contributed by atoms with Crippen LogP contribution in [0.3, 0.4) is 0 Å². The highest BCUT2D eigenvalue weighted by atomic mass is 16.6. The molecule has 6 nitrogen and oxygen atoms in total. The van der Waals surface area contributed by atoms with Crippen LogP contribution in [0.1, 0.15) is 0 Å². The van der Waals surface area contributed by atoms with Gasteiger partial charge in [-0.3, -0.25) is 10.1 Å². The summed E-state index contributed by atoms with van der Waals surface area (Å²) in [5, 5.41) is 11.0. The van der Waals surface area contributed by atoms with Crippen molar-refractivity contribution in [3.05, 3.63) is 46.5 Å². The minimum absolute atomic E-state index is 0.0857. The highest BCUT2D eigenvalue weighted by Crippen LogP contribution is 2.30. The average molecular weight is 245 g/mol. The summed E-state index contributed by atoms with van der Waals surface area (Å²) >= 11 is 0. The van der Waals surface area contributed by atoms with E-state index in [1.54, 1.807) is 24.3 Å². The number of anilines is 1. The van der Waals surface area contributed by atoms with Crippen LogP contribution < -0.4 is 10.5 Å². The molecular weight excluding hydrogens is 234 g/mol. The summed E-state index contributed by atoms with van der Waals surface area (Å²) < 4.78 is 5.08. The lowest BCUT2D eigenvalue weighted by atomic mass is 10.1. The lowest BCUT2D eigenvalue weighted by molar-refractivity contribution is -0.384. The van der Waals surface area contributed by atoms with E-state index in [2.05, 4.69) is 4.98 Å². The van der Waals surface area contributed by atoms with Gasteiger partial charge in [-0.2, -0.15) is 0 Å².